The van der Waals surface area contributed by atoms with Crippen LogP contribution in [0.4, 0.5) is 5.69 Å². The van der Waals surface area contributed by atoms with E-state index in [1.807, 2.05) is 11.0 Å². The van der Waals surface area contributed by atoms with Gasteiger partial charge in [0.15, 0.2) is 5.69 Å². The van der Waals surface area contributed by atoms with Crippen LogP contribution in [0.3, 0.4) is 0 Å². The summed E-state index contributed by atoms with van der Waals surface area (Å²) in [4.78, 5) is 19.9. The summed E-state index contributed by atoms with van der Waals surface area (Å²) in [6, 6.07) is 10.9. The van der Waals surface area contributed by atoms with E-state index >= 15 is 0 Å². The lowest BCUT2D eigenvalue weighted by Gasteiger charge is -2.44. The van der Waals surface area contributed by atoms with E-state index in [9.17, 15) is 4.79 Å². The Morgan fingerprint density at radius 2 is 1.97 bits per heavy atom. The molecule has 0 bridgehead atoms. The van der Waals surface area contributed by atoms with Gasteiger partial charge in [-0.3, -0.25) is 9.69 Å². The molecule has 3 heterocycles. The minimum absolute atomic E-state index is 0.0133. The predicted octanol–water partition coefficient (Wildman–Crippen LogP) is 3.36. The Labute approximate surface area is 173 Å². The van der Waals surface area contributed by atoms with Gasteiger partial charge >= 0.3 is 0 Å². The van der Waals surface area contributed by atoms with Gasteiger partial charge in [0.1, 0.15) is 5.76 Å². The van der Waals surface area contributed by atoms with Gasteiger partial charge in [0.05, 0.1) is 0 Å². The summed E-state index contributed by atoms with van der Waals surface area (Å²) in [6.45, 7) is 10.1. The zero-order valence-corrected chi connectivity index (χ0v) is 17.6. The first-order chi connectivity index (χ1) is 14.2. The van der Waals surface area contributed by atoms with Crippen molar-refractivity contribution in [3.8, 4) is 0 Å². The molecule has 1 aromatic heterocycles. The molecule has 1 amide bonds. The van der Waals surface area contributed by atoms with Crippen molar-refractivity contribution in [1.82, 2.24) is 15.0 Å². The van der Waals surface area contributed by atoms with Crippen molar-refractivity contribution >= 4 is 11.6 Å². The van der Waals surface area contributed by atoms with Crippen molar-refractivity contribution in [2.75, 3.05) is 44.2 Å². The average Bonchev–Trinajstić information content (AvgIpc) is 3.23. The van der Waals surface area contributed by atoms with E-state index < -0.39 is 0 Å². The van der Waals surface area contributed by atoms with Crippen molar-refractivity contribution in [3.63, 3.8) is 0 Å². The summed E-state index contributed by atoms with van der Waals surface area (Å²) in [5, 5.41) is 4.01. The predicted molar refractivity (Wildman–Crippen MR) is 114 cm³/mol. The third-order valence-corrected chi connectivity index (χ3v) is 6.24. The minimum Gasteiger partial charge on any atom is -0.369 e. The monoisotopic (exact) mass is 396 g/mol. The van der Waals surface area contributed by atoms with Crippen LogP contribution in [0.2, 0.25) is 0 Å². The lowest BCUT2D eigenvalue weighted by molar-refractivity contribution is 0.0554. The quantitative estimate of drug-likeness (QED) is 0.776. The smallest absolute Gasteiger partial charge is 0.276 e. The van der Waals surface area contributed by atoms with E-state index in [0.29, 0.717) is 11.7 Å². The maximum atomic E-state index is 12.9. The summed E-state index contributed by atoms with van der Waals surface area (Å²) in [6.07, 6.45) is 4.03. The van der Waals surface area contributed by atoms with Crippen LogP contribution in [0.25, 0.3) is 0 Å². The number of benzene rings is 1. The van der Waals surface area contributed by atoms with Crippen molar-refractivity contribution in [3.05, 3.63) is 47.3 Å². The molecule has 0 aliphatic carbocycles. The summed E-state index contributed by atoms with van der Waals surface area (Å²) in [7, 11) is 0. The fraction of sp³-hybridized carbons (Fsp3) is 0.565. The maximum absolute atomic E-state index is 12.9. The molecule has 2 aromatic rings. The third-order valence-electron chi connectivity index (χ3n) is 6.24. The Bertz CT molecular complexity index is 826. The molecular formula is C23H32N4O2. The number of piperidine rings is 1. The Hall–Kier alpha value is -2.34. The van der Waals surface area contributed by atoms with Gasteiger partial charge in [-0.2, -0.15) is 0 Å². The molecule has 0 radical (unpaired) electrons. The van der Waals surface area contributed by atoms with Crippen LogP contribution in [-0.4, -0.2) is 66.2 Å². The molecule has 6 heteroatoms. The van der Waals surface area contributed by atoms with Gasteiger partial charge in [-0.1, -0.05) is 30.3 Å². The molecular weight excluding hydrogens is 364 g/mol. The van der Waals surface area contributed by atoms with Gasteiger partial charge in [-0.05, 0) is 37.8 Å². The molecule has 2 fully saturated rings. The summed E-state index contributed by atoms with van der Waals surface area (Å²) < 4.78 is 5.31. The standard InChI is InChI=1S/C23H32N4O2/c1-3-7-20-16-21(24-29-20)23(28)27-11-6-9-19(17-27)25-12-14-26(15-13-25)22-10-5-4-8-18(22)2/h4-5,8,10,16,19H,3,6-7,9,11-15,17H2,1-2H3/t19-/m1/s1. The molecule has 6 nitrogen and oxygen atoms in total. The van der Waals surface area contributed by atoms with Crippen LogP contribution in [0, 0.1) is 6.92 Å². The van der Waals surface area contributed by atoms with Crippen LogP contribution in [0.1, 0.15) is 48.0 Å². The number of aromatic nitrogens is 1. The second kappa shape index (κ2) is 8.99. The van der Waals surface area contributed by atoms with E-state index in [0.717, 1.165) is 70.7 Å². The summed E-state index contributed by atoms with van der Waals surface area (Å²) >= 11 is 0. The number of amides is 1. The second-order valence-electron chi connectivity index (χ2n) is 8.29. The highest BCUT2D eigenvalue weighted by Crippen LogP contribution is 2.24. The van der Waals surface area contributed by atoms with Crippen LogP contribution >= 0.6 is 0 Å². The number of para-hydroxylation sites is 1. The van der Waals surface area contributed by atoms with Gasteiger partial charge in [0.2, 0.25) is 0 Å². The number of nitrogens with zero attached hydrogens (tertiary/aromatic N) is 4. The minimum atomic E-state index is 0.0133. The molecule has 0 spiro atoms. The number of hydrogen-bond donors (Lipinski definition) is 0. The van der Waals surface area contributed by atoms with Crippen LogP contribution in [0.15, 0.2) is 34.9 Å². The molecule has 2 aliphatic heterocycles. The van der Waals surface area contributed by atoms with Crippen LogP contribution in [0.5, 0.6) is 0 Å². The van der Waals surface area contributed by atoms with Gasteiger partial charge in [-0.25, -0.2) is 0 Å². The molecule has 1 aromatic carbocycles. The van der Waals surface area contributed by atoms with E-state index in [-0.39, 0.29) is 5.91 Å². The average molecular weight is 397 g/mol. The SMILES string of the molecule is CCCc1cc(C(=O)N2CCC[C@@H](N3CCN(c4ccccc4C)CC3)C2)no1. The molecule has 0 unspecified atom stereocenters. The number of aryl methyl sites for hydroxylation is 2. The second-order valence-corrected chi connectivity index (χ2v) is 8.29. The molecule has 0 saturated carbocycles. The Morgan fingerprint density at radius 3 is 2.72 bits per heavy atom. The van der Waals surface area contributed by atoms with Gasteiger partial charge in [-0.15, -0.1) is 0 Å². The van der Waals surface area contributed by atoms with E-state index in [4.69, 9.17) is 4.52 Å². The Morgan fingerprint density at radius 1 is 1.17 bits per heavy atom. The molecule has 156 valence electrons. The van der Waals surface area contributed by atoms with Crippen molar-refractivity contribution < 1.29 is 9.32 Å². The molecule has 0 N–H and O–H groups in total. The fourth-order valence-corrected chi connectivity index (χ4v) is 4.62. The molecule has 4 rings (SSSR count). The summed E-state index contributed by atoms with van der Waals surface area (Å²) in [5.41, 5.74) is 3.14. The topological polar surface area (TPSA) is 52.8 Å². The first kappa shape index (κ1) is 20.0. The molecule has 29 heavy (non-hydrogen) atoms. The molecule has 2 saturated heterocycles. The lowest BCUT2D eigenvalue weighted by Crippen LogP contribution is -2.56. The third kappa shape index (κ3) is 4.47. The first-order valence-electron chi connectivity index (χ1n) is 10.9. The van der Waals surface area contributed by atoms with Crippen LogP contribution in [-0.2, 0) is 6.42 Å². The number of hydrogen-bond acceptors (Lipinski definition) is 5. The highest BCUT2D eigenvalue weighted by molar-refractivity contribution is 5.92. The van der Waals surface area contributed by atoms with Crippen LogP contribution < -0.4 is 4.90 Å². The lowest BCUT2D eigenvalue weighted by atomic mass is 10.0. The fourth-order valence-electron chi connectivity index (χ4n) is 4.62. The zero-order valence-electron chi connectivity index (χ0n) is 17.6. The van der Waals surface area contributed by atoms with E-state index in [1.54, 1.807) is 0 Å². The molecule has 2 aliphatic rings. The van der Waals surface area contributed by atoms with E-state index in [1.165, 1.54) is 11.3 Å². The highest BCUT2D eigenvalue weighted by atomic mass is 16.5. The number of carbonyl (C=O) groups is 1. The number of anilines is 1. The van der Waals surface area contributed by atoms with E-state index in [2.05, 4.69) is 53.1 Å². The number of piperazine rings is 1. The number of rotatable bonds is 5. The number of likely N-dealkylation sites (tertiary alicyclic amines) is 1. The van der Waals surface area contributed by atoms with Crippen molar-refractivity contribution in [1.29, 1.82) is 0 Å². The van der Waals surface area contributed by atoms with Gasteiger partial charge in [0, 0.05) is 63.5 Å². The Kier molecular flexibility index (Phi) is 6.19. The highest BCUT2D eigenvalue weighted by Gasteiger charge is 2.31. The first-order valence-corrected chi connectivity index (χ1v) is 10.9. The summed E-state index contributed by atoms with van der Waals surface area (Å²) in [5.74, 6) is 0.816. The maximum Gasteiger partial charge on any atom is 0.276 e. The zero-order chi connectivity index (χ0) is 20.2. The molecule has 1 atom stereocenters. The largest absolute Gasteiger partial charge is 0.369 e. The van der Waals surface area contributed by atoms with Crippen molar-refractivity contribution in [2.45, 2.75) is 45.6 Å². The van der Waals surface area contributed by atoms with Gasteiger partial charge < -0.3 is 14.3 Å². The van der Waals surface area contributed by atoms with Gasteiger partial charge in [0.25, 0.3) is 5.91 Å². The Balaban J connectivity index is 1.34. The number of carbonyl (C=O) groups excluding carboxylic acids is 1. The van der Waals surface area contributed by atoms with Crippen molar-refractivity contribution in [2.24, 2.45) is 0 Å². The normalized spacial score (nSPS) is 20.8.